The fourth-order valence-corrected chi connectivity index (χ4v) is 2.31. The highest BCUT2D eigenvalue weighted by atomic mass is 16.5. The van der Waals surface area contributed by atoms with E-state index in [1.807, 2.05) is 25.1 Å². The third-order valence-electron chi connectivity index (χ3n) is 3.64. The van der Waals surface area contributed by atoms with E-state index < -0.39 is 0 Å². The molecule has 1 atom stereocenters. The number of hydrogen-bond donors (Lipinski definition) is 1. The van der Waals surface area contributed by atoms with Gasteiger partial charge in [-0.05, 0) is 43.3 Å². The number of rotatable bonds is 7. The van der Waals surface area contributed by atoms with Crippen molar-refractivity contribution in [1.29, 1.82) is 5.26 Å². The Morgan fingerprint density at radius 3 is 2.40 bits per heavy atom. The molecule has 1 amide bonds. The number of nitrogens with zero attached hydrogens (tertiary/aromatic N) is 1. The molecule has 0 bridgehead atoms. The van der Waals surface area contributed by atoms with Crippen molar-refractivity contribution in [1.82, 2.24) is 5.32 Å². The van der Waals surface area contributed by atoms with E-state index in [0.717, 1.165) is 5.56 Å². The fourth-order valence-electron chi connectivity index (χ4n) is 2.31. The largest absolute Gasteiger partial charge is 0.497 e. The first-order valence-corrected chi connectivity index (χ1v) is 7.71. The average Bonchev–Trinajstić information content (AvgIpc) is 2.66. The highest BCUT2D eigenvalue weighted by Crippen LogP contribution is 2.29. The number of amides is 1. The van der Waals surface area contributed by atoms with E-state index >= 15 is 0 Å². The summed E-state index contributed by atoms with van der Waals surface area (Å²) < 4.78 is 15.9. The van der Waals surface area contributed by atoms with Crippen LogP contribution < -0.4 is 19.5 Å². The summed E-state index contributed by atoms with van der Waals surface area (Å²) in [4.78, 5) is 12.1. The van der Waals surface area contributed by atoms with E-state index in [1.54, 1.807) is 44.6 Å². The van der Waals surface area contributed by atoms with E-state index in [4.69, 9.17) is 19.5 Å². The van der Waals surface area contributed by atoms with Crippen LogP contribution in [-0.4, -0.2) is 26.7 Å². The lowest BCUT2D eigenvalue weighted by Gasteiger charge is -2.18. The zero-order valence-electron chi connectivity index (χ0n) is 14.4. The minimum Gasteiger partial charge on any atom is -0.497 e. The molecule has 0 saturated heterocycles. The number of carbonyl (C=O) groups is 1. The van der Waals surface area contributed by atoms with Gasteiger partial charge in [0.15, 0.2) is 6.61 Å². The molecule has 0 spiro atoms. The van der Waals surface area contributed by atoms with E-state index in [9.17, 15) is 4.79 Å². The molecule has 0 aliphatic heterocycles. The van der Waals surface area contributed by atoms with Gasteiger partial charge in [-0.2, -0.15) is 5.26 Å². The van der Waals surface area contributed by atoms with Gasteiger partial charge in [-0.15, -0.1) is 0 Å². The number of methoxy groups -OCH3 is 2. The van der Waals surface area contributed by atoms with Crippen LogP contribution in [0.2, 0.25) is 0 Å². The Labute approximate surface area is 146 Å². The maximum atomic E-state index is 12.1. The van der Waals surface area contributed by atoms with Gasteiger partial charge in [-0.3, -0.25) is 4.79 Å². The Bertz CT molecular complexity index is 766. The fraction of sp³-hybridized carbons (Fsp3) is 0.263. The van der Waals surface area contributed by atoms with E-state index in [-0.39, 0.29) is 18.6 Å². The SMILES string of the molecule is COc1ccc(C(C)NC(=O)COc2ccc(C#N)cc2)c(OC)c1. The highest BCUT2D eigenvalue weighted by molar-refractivity contribution is 5.78. The minimum absolute atomic E-state index is 0.116. The molecule has 0 radical (unpaired) electrons. The summed E-state index contributed by atoms with van der Waals surface area (Å²) in [5, 5.41) is 11.6. The molecule has 0 saturated carbocycles. The molecule has 0 aromatic heterocycles. The number of hydrogen-bond acceptors (Lipinski definition) is 5. The van der Waals surface area contributed by atoms with Crippen LogP contribution in [0.4, 0.5) is 0 Å². The van der Waals surface area contributed by atoms with E-state index in [2.05, 4.69) is 5.32 Å². The summed E-state index contributed by atoms with van der Waals surface area (Å²) >= 11 is 0. The summed E-state index contributed by atoms with van der Waals surface area (Å²) in [6, 6.07) is 13.8. The Balaban J connectivity index is 1.94. The third-order valence-corrected chi connectivity index (χ3v) is 3.64. The maximum absolute atomic E-state index is 12.1. The van der Waals surface area contributed by atoms with E-state index in [0.29, 0.717) is 22.8 Å². The molecule has 0 aliphatic carbocycles. The first kappa shape index (κ1) is 18.1. The van der Waals surface area contributed by atoms with Crippen molar-refractivity contribution < 1.29 is 19.0 Å². The van der Waals surface area contributed by atoms with Crippen molar-refractivity contribution in [2.45, 2.75) is 13.0 Å². The molecule has 6 heteroatoms. The minimum atomic E-state index is -0.255. The first-order valence-electron chi connectivity index (χ1n) is 7.71. The Kier molecular flexibility index (Phi) is 6.24. The van der Waals surface area contributed by atoms with Gasteiger partial charge < -0.3 is 19.5 Å². The Morgan fingerprint density at radius 1 is 1.12 bits per heavy atom. The van der Waals surface area contributed by atoms with Gasteiger partial charge in [0.05, 0.1) is 31.9 Å². The predicted molar refractivity (Wildman–Crippen MR) is 92.8 cm³/mol. The zero-order chi connectivity index (χ0) is 18.2. The van der Waals surface area contributed by atoms with Crippen LogP contribution in [-0.2, 0) is 4.79 Å². The number of benzene rings is 2. The molecule has 2 rings (SSSR count). The summed E-state index contributed by atoms with van der Waals surface area (Å²) in [5.74, 6) is 1.60. The van der Waals surface area contributed by atoms with Gasteiger partial charge in [0.25, 0.3) is 5.91 Å². The summed E-state index contributed by atoms with van der Waals surface area (Å²) in [6.07, 6.45) is 0. The van der Waals surface area contributed by atoms with Crippen molar-refractivity contribution in [2.75, 3.05) is 20.8 Å². The molecule has 0 heterocycles. The topological polar surface area (TPSA) is 80.6 Å². The summed E-state index contributed by atoms with van der Waals surface area (Å²) in [5.41, 5.74) is 1.38. The molecular formula is C19H20N2O4. The lowest BCUT2D eigenvalue weighted by atomic mass is 10.1. The van der Waals surface area contributed by atoms with Gasteiger partial charge in [-0.1, -0.05) is 0 Å². The molecular weight excluding hydrogens is 320 g/mol. The number of ether oxygens (including phenoxy) is 3. The second-order valence-corrected chi connectivity index (χ2v) is 5.32. The van der Waals surface area contributed by atoms with Crippen LogP contribution in [0, 0.1) is 11.3 Å². The van der Waals surface area contributed by atoms with Crippen LogP contribution in [0.5, 0.6) is 17.2 Å². The van der Waals surface area contributed by atoms with Crippen molar-refractivity contribution in [3.63, 3.8) is 0 Å². The van der Waals surface area contributed by atoms with Gasteiger partial charge >= 0.3 is 0 Å². The van der Waals surface area contributed by atoms with Crippen LogP contribution in [0.3, 0.4) is 0 Å². The molecule has 1 unspecified atom stereocenters. The maximum Gasteiger partial charge on any atom is 0.258 e. The normalized spacial score (nSPS) is 11.1. The average molecular weight is 340 g/mol. The predicted octanol–water partition coefficient (Wildman–Crippen LogP) is 2.83. The van der Waals surface area contributed by atoms with Crippen molar-refractivity contribution >= 4 is 5.91 Å². The van der Waals surface area contributed by atoms with Crippen molar-refractivity contribution in [3.8, 4) is 23.3 Å². The van der Waals surface area contributed by atoms with Crippen LogP contribution >= 0.6 is 0 Å². The van der Waals surface area contributed by atoms with Gasteiger partial charge in [-0.25, -0.2) is 0 Å². The molecule has 0 fully saturated rings. The smallest absolute Gasteiger partial charge is 0.258 e. The second-order valence-electron chi connectivity index (χ2n) is 5.32. The van der Waals surface area contributed by atoms with E-state index in [1.165, 1.54) is 0 Å². The van der Waals surface area contributed by atoms with Crippen LogP contribution in [0.15, 0.2) is 42.5 Å². The number of nitrogens with one attached hydrogen (secondary N) is 1. The highest BCUT2D eigenvalue weighted by Gasteiger charge is 2.15. The molecule has 2 aromatic rings. The van der Waals surface area contributed by atoms with Crippen molar-refractivity contribution in [2.24, 2.45) is 0 Å². The third kappa shape index (κ3) is 4.88. The number of carbonyl (C=O) groups excluding carboxylic acids is 1. The first-order chi connectivity index (χ1) is 12.1. The van der Waals surface area contributed by atoms with Crippen LogP contribution in [0.25, 0.3) is 0 Å². The van der Waals surface area contributed by atoms with Gasteiger partial charge in [0, 0.05) is 11.6 Å². The Hall–Kier alpha value is -3.20. The van der Waals surface area contributed by atoms with Crippen molar-refractivity contribution in [3.05, 3.63) is 53.6 Å². The lowest BCUT2D eigenvalue weighted by Crippen LogP contribution is -2.31. The molecule has 130 valence electrons. The lowest BCUT2D eigenvalue weighted by molar-refractivity contribution is -0.123. The monoisotopic (exact) mass is 340 g/mol. The van der Waals surface area contributed by atoms with Gasteiger partial charge in [0.2, 0.25) is 0 Å². The Morgan fingerprint density at radius 2 is 1.80 bits per heavy atom. The standard InChI is InChI=1S/C19H20N2O4/c1-13(17-9-8-16(23-2)10-18(17)24-3)21-19(22)12-25-15-6-4-14(11-20)5-7-15/h4-10,13H,12H2,1-3H3,(H,21,22). The summed E-state index contributed by atoms with van der Waals surface area (Å²) in [7, 11) is 3.15. The quantitative estimate of drug-likeness (QED) is 0.838. The number of nitriles is 1. The molecule has 0 aliphatic rings. The molecule has 2 aromatic carbocycles. The van der Waals surface area contributed by atoms with Gasteiger partial charge in [0.1, 0.15) is 17.2 Å². The van der Waals surface area contributed by atoms with Crippen LogP contribution in [0.1, 0.15) is 24.1 Å². The molecule has 6 nitrogen and oxygen atoms in total. The second kappa shape index (κ2) is 8.60. The molecule has 25 heavy (non-hydrogen) atoms. The summed E-state index contributed by atoms with van der Waals surface area (Å²) in [6.45, 7) is 1.75. The molecule has 1 N–H and O–H groups in total. The zero-order valence-corrected chi connectivity index (χ0v) is 14.4.